The van der Waals surface area contributed by atoms with E-state index < -0.39 is 16.1 Å². The number of amides is 1. The molecular formula is C17H24N2O4S. The summed E-state index contributed by atoms with van der Waals surface area (Å²) in [7, 11) is -3.64. The summed E-state index contributed by atoms with van der Waals surface area (Å²) in [6, 6.07) is 7.73. The number of sulfonamides is 1. The number of carbonyl (C=O) groups is 1. The Morgan fingerprint density at radius 2 is 1.75 bits per heavy atom. The summed E-state index contributed by atoms with van der Waals surface area (Å²) in [6.07, 6.45) is 1.22. The fourth-order valence-corrected chi connectivity index (χ4v) is 5.24. The Morgan fingerprint density at radius 3 is 2.38 bits per heavy atom. The number of ether oxygens (including phenoxy) is 1. The molecule has 3 atom stereocenters. The first kappa shape index (κ1) is 17.4. The predicted molar refractivity (Wildman–Crippen MR) is 89.9 cm³/mol. The molecule has 2 aliphatic rings. The molecule has 0 saturated carbocycles. The van der Waals surface area contributed by atoms with Gasteiger partial charge in [0.2, 0.25) is 15.9 Å². The van der Waals surface area contributed by atoms with Gasteiger partial charge in [0.25, 0.3) is 0 Å². The number of hydrogen-bond donors (Lipinski definition) is 0. The van der Waals surface area contributed by atoms with Crippen LogP contribution in [0.4, 0.5) is 0 Å². The second kappa shape index (κ2) is 6.82. The van der Waals surface area contributed by atoms with Gasteiger partial charge in [-0.15, -0.1) is 0 Å². The van der Waals surface area contributed by atoms with Crippen molar-refractivity contribution in [3.8, 4) is 0 Å². The van der Waals surface area contributed by atoms with E-state index in [2.05, 4.69) is 0 Å². The SMILES string of the molecule is CC1CN(C(=O)C2CCCN2S(=O)(=O)c2ccccc2)CC(C)O1. The average Bonchev–Trinajstić information content (AvgIpc) is 3.04. The van der Waals surface area contributed by atoms with Crippen molar-refractivity contribution >= 4 is 15.9 Å². The van der Waals surface area contributed by atoms with Gasteiger partial charge in [-0.05, 0) is 38.8 Å². The molecule has 2 fully saturated rings. The lowest BCUT2D eigenvalue weighted by Crippen LogP contribution is -2.54. The van der Waals surface area contributed by atoms with Gasteiger partial charge in [-0.2, -0.15) is 4.31 Å². The van der Waals surface area contributed by atoms with E-state index in [1.807, 2.05) is 13.8 Å². The molecule has 0 aromatic heterocycles. The van der Waals surface area contributed by atoms with Crippen LogP contribution in [-0.2, 0) is 19.6 Å². The van der Waals surface area contributed by atoms with E-state index >= 15 is 0 Å². The van der Waals surface area contributed by atoms with Crippen LogP contribution in [0.15, 0.2) is 35.2 Å². The van der Waals surface area contributed by atoms with Gasteiger partial charge in [0, 0.05) is 19.6 Å². The standard InChI is InChI=1S/C17H24N2O4S/c1-13-11-18(12-14(2)23-13)17(20)16-9-6-10-19(16)24(21,22)15-7-4-3-5-8-15/h3-5,7-8,13-14,16H,6,9-12H2,1-2H3. The van der Waals surface area contributed by atoms with Crippen LogP contribution in [0.2, 0.25) is 0 Å². The summed E-state index contributed by atoms with van der Waals surface area (Å²) in [5, 5.41) is 0. The zero-order valence-corrected chi connectivity index (χ0v) is 14.9. The molecule has 3 unspecified atom stereocenters. The van der Waals surface area contributed by atoms with Crippen LogP contribution in [-0.4, -0.2) is 61.4 Å². The molecule has 6 nitrogen and oxygen atoms in total. The highest BCUT2D eigenvalue weighted by Crippen LogP contribution is 2.28. The maximum atomic E-state index is 12.9. The van der Waals surface area contributed by atoms with E-state index in [0.717, 1.165) is 0 Å². The van der Waals surface area contributed by atoms with Crippen LogP contribution >= 0.6 is 0 Å². The molecule has 1 aromatic rings. The van der Waals surface area contributed by atoms with Gasteiger partial charge in [0.1, 0.15) is 6.04 Å². The fraction of sp³-hybridized carbons (Fsp3) is 0.588. The predicted octanol–water partition coefficient (Wildman–Crippen LogP) is 1.48. The maximum absolute atomic E-state index is 12.9. The first-order valence-corrected chi connectivity index (χ1v) is 9.84. The second-order valence-electron chi connectivity index (χ2n) is 6.59. The molecule has 7 heteroatoms. The minimum atomic E-state index is -3.64. The Morgan fingerprint density at radius 1 is 1.12 bits per heavy atom. The van der Waals surface area contributed by atoms with Crippen molar-refractivity contribution in [2.75, 3.05) is 19.6 Å². The Labute approximate surface area is 143 Å². The van der Waals surface area contributed by atoms with Crippen molar-refractivity contribution in [3.05, 3.63) is 30.3 Å². The topological polar surface area (TPSA) is 66.9 Å². The quantitative estimate of drug-likeness (QED) is 0.826. The minimum Gasteiger partial charge on any atom is -0.372 e. The van der Waals surface area contributed by atoms with Gasteiger partial charge in [-0.3, -0.25) is 4.79 Å². The van der Waals surface area contributed by atoms with Gasteiger partial charge >= 0.3 is 0 Å². The number of morpholine rings is 1. The normalized spacial score (nSPS) is 28.9. The largest absolute Gasteiger partial charge is 0.372 e. The van der Waals surface area contributed by atoms with E-state index in [1.54, 1.807) is 35.2 Å². The summed E-state index contributed by atoms with van der Waals surface area (Å²) in [6.45, 7) is 5.28. The Kier molecular flexibility index (Phi) is 4.94. The third-order valence-corrected chi connectivity index (χ3v) is 6.49. The molecule has 2 aliphatic heterocycles. The molecule has 2 saturated heterocycles. The Balaban J connectivity index is 1.82. The van der Waals surface area contributed by atoms with Gasteiger partial charge < -0.3 is 9.64 Å². The first-order chi connectivity index (χ1) is 11.4. The molecular weight excluding hydrogens is 328 g/mol. The zero-order valence-electron chi connectivity index (χ0n) is 14.1. The monoisotopic (exact) mass is 352 g/mol. The Hall–Kier alpha value is -1.44. The molecule has 0 aliphatic carbocycles. The highest BCUT2D eigenvalue weighted by atomic mass is 32.2. The second-order valence-corrected chi connectivity index (χ2v) is 8.48. The highest BCUT2D eigenvalue weighted by Gasteiger charge is 2.42. The molecule has 0 N–H and O–H groups in total. The Bertz CT molecular complexity index is 682. The van der Waals surface area contributed by atoms with Gasteiger partial charge in [0.15, 0.2) is 0 Å². The van der Waals surface area contributed by atoms with Crippen LogP contribution in [0.3, 0.4) is 0 Å². The van der Waals surface area contributed by atoms with Crippen molar-refractivity contribution in [1.29, 1.82) is 0 Å². The lowest BCUT2D eigenvalue weighted by Gasteiger charge is -2.37. The first-order valence-electron chi connectivity index (χ1n) is 8.40. The number of benzene rings is 1. The van der Waals surface area contributed by atoms with Gasteiger partial charge in [-0.25, -0.2) is 8.42 Å². The third-order valence-electron chi connectivity index (χ3n) is 4.57. The van der Waals surface area contributed by atoms with E-state index in [1.165, 1.54) is 4.31 Å². The van der Waals surface area contributed by atoms with Crippen molar-refractivity contribution < 1.29 is 17.9 Å². The van der Waals surface area contributed by atoms with Crippen LogP contribution in [0.25, 0.3) is 0 Å². The van der Waals surface area contributed by atoms with E-state index in [9.17, 15) is 13.2 Å². The summed E-state index contributed by atoms with van der Waals surface area (Å²) in [4.78, 5) is 14.9. The van der Waals surface area contributed by atoms with Crippen LogP contribution < -0.4 is 0 Å². The van der Waals surface area contributed by atoms with E-state index in [0.29, 0.717) is 32.5 Å². The lowest BCUT2D eigenvalue weighted by atomic mass is 10.1. The molecule has 0 spiro atoms. The zero-order chi connectivity index (χ0) is 17.3. The molecule has 1 aromatic carbocycles. The average molecular weight is 352 g/mol. The van der Waals surface area contributed by atoms with Crippen molar-refractivity contribution in [3.63, 3.8) is 0 Å². The van der Waals surface area contributed by atoms with Gasteiger partial charge in [0.05, 0.1) is 17.1 Å². The van der Waals surface area contributed by atoms with Gasteiger partial charge in [-0.1, -0.05) is 18.2 Å². The number of carbonyl (C=O) groups excluding carboxylic acids is 1. The number of rotatable bonds is 3. The lowest BCUT2D eigenvalue weighted by molar-refractivity contribution is -0.146. The fourth-order valence-electron chi connectivity index (χ4n) is 3.57. The number of nitrogens with zero attached hydrogens (tertiary/aromatic N) is 2. The summed E-state index contributed by atoms with van der Waals surface area (Å²) < 4.78 is 32.8. The van der Waals surface area contributed by atoms with Crippen molar-refractivity contribution in [1.82, 2.24) is 9.21 Å². The molecule has 1 amide bonds. The van der Waals surface area contributed by atoms with Crippen molar-refractivity contribution in [2.24, 2.45) is 0 Å². The van der Waals surface area contributed by atoms with E-state index in [4.69, 9.17) is 4.74 Å². The molecule has 24 heavy (non-hydrogen) atoms. The summed E-state index contributed by atoms with van der Waals surface area (Å²) in [5.74, 6) is -0.103. The van der Waals surface area contributed by atoms with Crippen LogP contribution in [0.1, 0.15) is 26.7 Å². The minimum absolute atomic E-state index is 0.0294. The summed E-state index contributed by atoms with van der Waals surface area (Å²) in [5.41, 5.74) is 0. The van der Waals surface area contributed by atoms with E-state index in [-0.39, 0.29) is 23.0 Å². The van der Waals surface area contributed by atoms with Crippen LogP contribution in [0, 0.1) is 0 Å². The molecule has 0 radical (unpaired) electrons. The molecule has 2 heterocycles. The molecule has 0 bridgehead atoms. The molecule has 132 valence electrons. The highest BCUT2D eigenvalue weighted by molar-refractivity contribution is 7.89. The maximum Gasteiger partial charge on any atom is 0.243 e. The van der Waals surface area contributed by atoms with Crippen molar-refractivity contribution in [2.45, 2.75) is 49.8 Å². The number of hydrogen-bond acceptors (Lipinski definition) is 4. The smallest absolute Gasteiger partial charge is 0.243 e. The molecule has 3 rings (SSSR count). The van der Waals surface area contributed by atoms with Crippen LogP contribution in [0.5, 0.6) is 0 Å². The summed E-state index contributed by atoms with van der Waals surface area (Å²) >= 11 is 0. The third kappa shape index (κ3) is 3.34.